The smallest absolute Gasteiger partial charge is 0.357 e. The molecular formula is C19H22N2O3. The lowest BCUT2D eigenvalue weighted by Crippen LogP contribution is -2.12. The summed E-state index contributed by atoms with van der Waals surface area (Å²) in [5.74, 6) is 0.353. The predicted octanol–water partition coefficient (Wildman–Crippen LogP) is 3.81. The van der Waals surface area contributed by atoms with E-state index in [4.69, 9.17) is 15.2 Å². The van der Waals surface area contributed by atoms with Gasteiger partial charge in [0.1, 0.15) is 5.75 Å². The van der Waals surface area contributed by atoms with Gasteiger partial charge >= 0.3 is 5.97 Å². The number of carbonyl (C=O) groups excluding carboxylic acids is 1. The molecule has 0 unspecified atom stereocenters. The summed E-state index contributed by atoms with van der Waals surface area (Å²) in [5.41, 5.74) is 10.1. The van der Waals surface area contributed by atoms with Gasteiger partial charge < -0.3 is 19.8 Å². The average Bonchev–Trinajstić information content (AvgIpc) is 3.22. The summed E-state index contributed by atoms with van der Waals surface area (Å²) in [6.45, 7) is 2.10. The molecule has 0 saturated carbocycles. The lowest BCUT2D eigenvalue weighted by molar-refractivity contribution is 0.0518. The lowest BCUT2D eigenvalue weighted by atomic mass is 10.1. The molecule has 0 spiro atoms. The van der Waals surface area contributed by atoms with E-state index in [0.29, 0.717) is 18.0 Å². The van der Waals surface area contributed by atoms with Crippen LogP contribution in [0.2, 0.25) is 0 Å². The quantitative estimate of drug-likeness (QED) is 0.848. The van der Waals surface area contributed by atoms with Gasteiger partial charge in [-0.05, 0) is 56.0 Å². The van der Waals surface area contributed by atoms with Gasteiger partial charge in [0.2, 0.25) is 0 Å². The standard InChI is InChI=1S/C19H22N2O3/c1-3-24-19(22)18-17(20)16(13-6-4-5-7-13)12-21(18)14-8-10-15(23-2)11-9-14/h6,8-12H,3-5,7,20H2,1-2H3. The number of rotatable bonds is 5. The van der Waals surface area contributed by atoms with Crippen LogP contribution >= 0.6 is 0 Å². The van der Waals surface area contributed by atoms with Crippen LogP contribution < -0.4 is 10.5 Å². The first-order valence-electron chi connectivity index (χ1n) is 8.17. The van der Waals surface area contributed by atoms with Gasteiger partial charge in [-0.25, -0.2) is 4.79 Å². The van der Waals surface area contributed by atoms with Crippen LogP contribution in [0.5, 0.6) is 5.75 Å². The maximum Gasteiger partial charge on any atom is 0.357 e. The van der Waals surface area contributed by atoms with Crippen molar-refractivity contribution in [2.75, 3.05) is 19.5 Å². The molecule has 1 aromatic carbocycles. The number of benzene rings is 1. The average molecular weight is 326 g/mol. The van der Waals surface area contributed by atoms with Crippen LogP contribution in [-0.4, -0.2) is 24.3 Å². The SMILES string of the molecule is CCOC(=O)c1c(N)c(C2=CCCC2)cn1-c1ccc(OC)cc1. The molecule has 0 bridgehead atoms. The Morgan fingerprint density at radius 1 is 1.29 bits per heavy atom. The molecule has 0 fully saturated rings. The third-order valence-corrected chi connectivity index (χ3v) is 4.25. The zero-order valence-electron chi connectivity index (χ0n) is 14.0. The molecule has 2 N–H and O–H groups in total. The molecule has 126 valence electrons. The number of hydrogen-bond donors (Lipinski definition) is 1. The summed E-state index contributed by atoms with van der Waals surface area (Å²) >= 11 is 0. The predicted molar refractivity (Wildman–Crippen MR) is 94.5 cm³/mol. The molecule has 1 heterocycles. The third-order valence-electron chi connectivity index (χ3n) is 4.25. The highest BCUT2D eigenvalue weighted by atomic mass is 16.5. The Morgan fingerprint density at radius 3 is 2.62 bits per heavy atom. The summed E-state index contributed by atoms with van der Waals surface area (Å²) in [6.07, 6.45) is 7.28. The second-order valence-electron chi connectivity index (χ2n) is 5.72. The Kier molecular flexibility index (Phi) is 4.60. The molecule has 5 heteroatoms. The highest BCUT2D eigenvalue weighted by Crippen LogP contribution is 2.36. The second-order valence-corrected chi connectivity index (χ2v) is 5.72. The molecule has 0 atom stereocenters. The number of nitrogens with zero attached hydrogens (tertiary/aromatic N) is 1. The molecule has 3 rings (SSSR count). The number of allylic oxidation sites excluding steroid dienone is 2. The minimum atomic E-state index is -0.407. The van der Waals surface area contributed by atoms with Crippen LogP contribution in [-0.2, 0) is 4.74 Å². The van der Waals surface area contributed by atoms with E-state index in [1.165, 1.54) is 5.57 Å². The number of methoxy groups -OCH3 is 1. The Balaban J connectivity index is 2.11. The Morgan fingerprint density at radius 2 is 2.04 bits per heavy atom. The largest absolute Gasteiger partial charge is 0.497 e. The van der Waals surface area contributed by atoms with Crippen molar-refractivity contribution in [1.82, 2.24) is 4.57 Å². The molecule has 0 saturated heterocycles. The number of nitrogens with two attached hydrogens (primary N) is 1. The first-order chi connectivity index (χ1) is 11.7. The van der Waals surface area contributed by atoms with Gasteiger partial charge in [-0.1, -0.05) is 6.08 Å². The monoisotopic (exact) mass is 326 g/mol. The van der Waals surface area contributed by atoms with Gasteiger partial charge in [0.25, 0.3) is 0 Å². The fraction of sp³-hybridized carbons (Fsp3) is 0.316. The summed E-state index contributed by atoms with van der Waals surface area (Å²) in [4.78, 5) is 12.4. The highest BCUT2D eigenvalue weighted by Gasteiger charge is 2.24. The first kappa shape index (κ1) is 16.2. The highest BCUT2D eigenvalue weighted by molar-refractivity contribution is 5.98. The Bertz CT molecular complexity index is 773. The summed E-state index contributed by atoms with van der Waals surface area (Å²) in [6, 6.07) is 7.51. The van der Waals surface area contributed by atoms with E-state index in [9.17, 15) is 4.79 Å². The van der Waals surface area contributed by atoms with E-state index in [0.717, 1.165) is 36.3 Å². The van der Waals surface area contributed by atoms with Crippen LogP contribution in [0.25, 0.3) is 11.3 Å². The lowest BCUT2D eigenvalue weighted by Gasteiger charge is -2.10. The first-order valence-corrected chi connectivity index (χ1v) is 8.17. The second kappa shape index (κ2) is 6.83. The number of nitrogen functional groups attached to an aromatic ring is 1. The molecular weight excluding hydrogens is 304 g/mol. The fourth-order valence-corrected chi connectivity index (χ4v) is 3.05. The van der Waals surface area contributed by atoms with Gasteiger partial charge in [-0.2, -0.15) is 0 Å². The minimum absolute atomic E-state index is 0.310. The van der Waals surface area contributed by atoms with Gasteiger partial charge in [-0.15, -0.1) is 0 Å². The van der Waals surface area contributed by atoms with Gasteiger partial charge in [-0.3, -0.25) is 0 Å². The summed E-state index contributed by atoms with van der Waals surface area (Å²) in [5, 5.41) is 0. The van der Waals surface area contributed by atoms with E-state index in [1.807, 2.05) is 30.5 Å². The summed E-state index contributed by atoms with van der Waals surface area (Å²) < 4.78 is 12.2. The molecule has 0 aliphatic heterocycles. The van der Waals surface area contributed by atoms with E-state index in [-0.39, 0.29) is 0 Å². The number of esters is 1. The van der Waals surface area contributed by atoms with E-state index in [2.05, 4.69) is 6.08 Å². The van der Waals surface area contributed by atoms with Crippen molar-refractivity contribution in [1.29, 1.82) is 0 Å². The van der Waals surface area contributed by atoms with Gasteiger partial charge in [0, 0.05) is 17.4 Å². The van der Waals surface area contributed by atoms with Crippen LogP contribution in [0.3, 0.4) is 0 Å². The van der Waals surface area contributed by atoms with Crippen LogP contribution in [0.1, 0.15) is 42.2 Å². The minimum Gasteiger partial charge on any atom is -0.497 e. The molecule has 1 aliphatic carbocycles. The van der Waals surface area contributed by atoms with Crippen molar-refractivity contribution >= 4 is 17.2 Å². The molecule has 1 aromatic heterocycles. The van der Waals surface area contributed by atoms with E-state index < -0.39 is 5.97 Å². The third kappa shape index (κ3) is 2.89. The van der Waals surface area contributed by atoms with Crippen molar-refractivity contribution in [3.63, 3.8) is 0 Å². The molecule has 2 aromatic rings. The zero-order valence-corrected chi connectivity index (χ0v) is 14.0. The van der Waals surface area contributed by atoms with Crippen LogP contribution in [0, 0.1) is 0 Å². The van der Waals surface area contributed by atoms with E-state index >= 15 is 0 Å². The number of aromatic nitrogens is 1. The van der Waals surface area contributed by atoms with Crippen molar-refractivity contribution < 1.29 is 14.3 Å². The van der Waals surface area contributed by atoms with Crippen molar-refractivity contribution in [2.24, 2.45) is 0 Å². The van der Waals surface area contributed by atoms with Crippen LogP contribution in [0.15, 0.2) is 36.5 Å². The maximum absolute atomic E-state index is 12.4. The fourth-order valence-electron chi connectivity index (χ4n) is 3.05. The van der Waals surface area contributed by atoms with Crippen molar-refractivity contribution in [3.05, 3.63) is 47.8 Å². The number of hydrogen-bond acceptors (Lipinski definition) is 4. The Labute approximate surface area is 141 Å². The van der Waals surface area contributed by atoms with Gasteiger partial charge in [0.15, 0.2) is 5.69 Å². The normalized spacial score (nSPS) is 13.7. The maximum atomic E-state index is 12.4. The molecule has 5 nitrogen and oxygen atoms in total. The van der Waals surface area contributed by atoms with Gasteiger partial charge in [0.05, 0.1) is 19.4 Å². The van der Waals surface area contributed by atoms with Crippen molar-refractivity contribution in [2.45, 2.75) is 26.2 Å². The number of anilines is 1. The zero-order chi connectivity index (χ0) is 17.1. The Hall–Kier alpha value is -2.69. The number of carbonyl (C=O) groups is 1. The molecule has 1 aliphatic rings. The van der Waals surface area contributed by atoms with E-state index in [1.54, 1.807) is 18.6 Å². The number of ether oxygens (including phenoxy) is 2. The molecule has 0 radical (unpaired) electrons. The topological polar surface area (TPSA) is 66.5 Å². The molecule has 24 heavy (non-hydrogen) atoms. The molecule has 0 amide bonds. The van der Waals surface area contributed by atoms with Crippen molar-refractivity contribution in [3.8, 4) is 11.4 Å². The summed E-state index contributed by atoms with van der Waals surface area (Å²) in [7, 11) is 1.62. The van der Waals surface area contributed by atoms with Crippen LogP contribution in [0.4, 0.5) is 5.69 Å².